The van der Waals surface area contributed by atoms with Crippen molar-refractivity contribution < 1.29 is 40.2 Å². The van der Waals surface area contributed by atoms with E-state index in [9.17, 15) is 26.3 Å². The maximum atomic E-state index is 16.5. The van der Waals surface area contributed by atoms with Crippen LogP contribution in [0.15, 0.2) is 6.07 Å². The van der Waals surface area contributed by atoms with Crippen molar-refractivity contribution in [3.63, 3.8) is 0 Å². The predicted molar refractivity (Wildman–Crippen MR) is 156 cm³/mol. The first-order valence-electron chi connectivity index (χ1n) is 14.4. The molecule has 16 heteroatoms. The van der Waals surface area contributed by atoms with E-state index in [4.69, 9.17) is 15.2 Å². The minimum atomic E-state index is -5.13. The lowest BCUT2D eigenvalue weighted by Gasteiger charge is -2.22. The van der Waals surface area contributed by atoms with Gasteiger partial charge in [-0.25, -0.2) is 22.5 Å². The highest BCUT2D eigenvalue weighted by molar-refractivity contribution is 5.96. The first-order valence-corrected chi connectivity index (χ1v) is 14.4. The molecule has 2 aromatic heterocycles. The van der Waals surface area contributed by atoms with Gasteiger partial charge in [0.1, 0.15) is 28.2 Å². The molecule has 2 atom stereocenters. The van der Waals surface area contributed by atoms with Crippen molar-refractivity contribution >= 4 is 22.4 Å². The fraction of sp³-hybridized carbons (Fsp3) is 0.552. The molecule has 0 amide bonds. The summed E-state index contributed by atoms with van der Waals surface area (Å²) in [6.07, 6.45) is -3.67. The summed E-state index contributed by atoms with van der Waals surface area (Å²) >= 11 is 0. The number of nitrogen functional groups attached to an aromatic ring is 1. The highest BCUT2D eigenvalue weighted by atomic mass is 19.4. The molecule has 45 heavy (non-hydrogen) atoms. The zero-order chi connectivity index (χ0) is 33.3. The van der Waals surface area contributed by atoms with Crippen LogP contribution in [0.5, 0.6) is 11.9 Å². The average molecular weight is 648 g/mol. The Hall–Kier alpha value is -3.66. The summed E-state index contributed by atoms with van der Waals surface area (Å²) in [5.41, 5.74) is 0.344. The third-order valence-corrected chi connectivity index (χ3v) is 7.21. The lowest BCUT2D eigenvalue weighted by molar-refractivity contribution is -0.137. The van der Waals surface area contributed by atoms with Crippen molar-refractivity contribution in [2.24, 2.45) is 0 Å². The number of pyridine rings is 1. The number of alkyl halides is 5. The second-order valence-corrected chi connectivity index (χ2v) is 11.4. The van der Waals surface area contributed by atoms with Crippen LogP contribution < -0.4 is 25.8 Å². The van der Waals surface area contributed by atoms with Crippen molar-refractivity contribution in [3.8, 4) is 23.1 Å². The number of anilines is 2. The van der Waals surface area contributed by atoms with Crippen molar-refractivity contribution in [2.45, 2.75) is 64.3 Å². The molecule has 1 unspecified atom stereocenters. The van der Waals surface area contributed by atoms with Gasteiger partial charge >= 0.3 is 12.2 Å². The van der Waals surface area contributed by atoms with Gasteiger partial charge in [0.05, 0.1) is 23.9 Å². The van der Waals surface area contributed by atoms with Crippen LogP contribution in [-0.2, 0) is 6.18 Å². The molecular weight excluding hydrogens is 611 g/mol. The van der Waals surface area contributed by atoms with Crippen LogP contribution in [0.2, 0.25) is 0 Å². The van der Waals surface area contributed by atoms with Crippen LogP contribution in [0.3, 0.4) is 0 Å². The molecule has 0 saturated heterocycles. The first kappa shape index (κ1) is 34.2. The Bertz CT molecular complexity index is 1540. The number of rotatable bonds is 8. The molecule has 0 spiro atoms. The van der Waals surface area contributed by atoms with Gasteiger partial charge in [0.25, 0.3) is 5.92 Å². The maximum Gasteiger partial charge on any atom is 0.417 e. The second kappa shape index (κ2) is 13.4. The molecule has 3 aromatic rings. The zero-order valence-electron chi connectivity index (χ0n) is 25.5. The molecule has 0 saturated carbocycles. The van der Waals surface area contributed by atoms with Crippen LogP contribution in [-0.4, -0.2) is 78.3 Å². The summed E-state index contributed by atoms with van der Waals surface area (Å²) in [4.78, 5) is 13.6. The fourth-order valence-electron chi connectivity index (χ4n) is 5.21. The lowest BCUT2D eigenvalue weighted by Crippen LogP contribution is -2.37. The molecule has 3 heterocycles. The number of nitrogens with one attached hydrogen (secondary N) is 2. The minimum Gasteiger partial charge on any atom is -0.474 e. The van der Waals surface area contributed by atoms with Crippen LogP contribution >= 0.6 is 0 Å². The zero-order valence-corrected chi connectivity index (χ0v) is 25.5. The van der Waals surface area contributed by atoms with E-state index >= 15 is 4.39 Å². The Balaban J connectivity index is 2.00. The van der Waals surface area contributed by atoms with Crippen molar-refractivity contribution in [1.82, 2.24) is 25.2 Å². The summed E-state index contributed by atoms with van der Waals surface area (Å²) in [5.74, 6) is -6.42. The third kappa shape index (κ3) is 7.77. The summed E-state index contributed by atoms with van der Waals surface area (Å²) in [7, 11) is 2.89. The Labute approximate surface area is 255 Å². The summed E-state index contributed by atoms with van der Waals surface area (Å²) in [6, 6.07) is -0.0823. The van der Waals surface area contributed by atoms with Gasteiger partial charge in [-0.2, -0.15) is 23.1 Å². The number of ether oxygens (including phenoxy) is 2. The number of nitrogens with two attached hydrogens (primary N) is 1. The predicted octanol–water partition coefficient (Wildman–Crippen LogP) is 5.80. The standard InChI is InChI=1S/C29H36F7N7O2/c1-6-7-16-11-39-25-19-24(41-27(42-25)44-13-28(32,33)12-43(4)5)22(31)23(40-26(19)45-14(2)8-9-38-16)17-10-18(37)21(30)15(3)20(17)29(34,35)36/h10,14,16,38H,6-9,11-13,37H2,1-5H3,(H,39,41,42)/t14-,16?/m0/s1. The normalized spacial score (nSPS) is 18.0. The first-order chi connectivity index (χ1) is 21.0. The monoisotopic (exact) mass is 647 g/mol. The third-order valence-electron chi connectivity index (χ3n) is 7.21. The number of halogens is 7. The molecule has 0 bridgehead atoms. The SMILES string of the molecule is CCCC1CNc2nc(OCC(F)(F)CN(C)C)nc3c(F)c(-c4cc(N)c(F)c(C)c4C(F)(F)F)nc(c23)O[C@@H](C)CCN1. The molecule has 4 rings (SSSR count). The van der Waals surface area contributed by atoms with Gasteiger partial charge in [-0.1, -0.05) is 13.3 Å². The molecule has 248 valence electrons. The van der Waals surface area contributed by atoms with E-state index in [1.807, 2.05) is 6.92 Å². The van der Waals surface area contributed by atoms with Gasteiger partial charge in [-0.3, -0.25) is 0 Å². The van der Waals surface area contributed by atoms with Crippen molar-refractivity contribution in [3.05, 3.63) is 28.8 Å². The Morgan fingerprint density at radius 1 is 1.11 bits per heavy atom. The summed E-state index contributed by atoms with van der Waals surface area (Å²) in [6.45, 7) is 3.51. The van der Waals surface area contributed by atoms with Crippen LogP contribution in [0, 0.1) is 18.6 Å². The molecule has 0 aliphatic carbocycles. The molecule has 0 radical (unpaired) electrons. The second-order valence-electron chi connectivity index (χ2n) is 11.4. The van der Waals surface area contributed by atoms with E-state index in [2.05, 4.69) is 25.6 Å². The highest BCUT2D eigenvalue weighted by Gasteiger charge is 2.39. The maximum absolute atomic E-state index is 16.5. The van der Waals surface area contributed by atoms with Crippen molar-refractivity contribution in [1.29, 1.82) is 0 Å². The van der Waals surface area contributed by atoms with Gasteiger partial charge < -0.3 is 30.7 Å². The van der Waals surface area contributed by atoms with Gasteiger partial charge in [0, 0.05) is 18.2 Å². The average Bonchev–Trinajstić information content (AvgIpc) is 2.95. The topological polar surface area (TPSA) is 110 Å². The largest absolute Gasteiger partial charge is 0.474 e. The minimum absolute atomic E-state index is 0.0702. The lowest BCUT2D eigenvalue weighted by atomic mass is 9.96. The number of nitrogens with zero attached hydrogens (tertiary/aromatic N) is 4. The number of hydrogen-bond acceptors (Lipinski definition) is 9. The van der Waals surface area contributed by atoms with Gasteiger partial charge in [-0.15, -0.1) is 0 Å². The summed E-state index contributed by atoms with van der Waals surface area (Å²) < 4.78 is 114. The quantitative estimate of drug-likeness (QED) is 0.207. The van der Waals surface area contributed by atoms with Crippen LogP contribution in [0.4, 0.5) is 42.2 Å². The smallest absolute Gasteiger partial charge is 0.417 e. The Morgan fingerprint density at radius 2 is 1.82 bits per heavy atom. The van der Waals surface area contributed by atoms with Crippen LogP contribution in [0.25, 0.3) is 22.2 Å². The van der Waals surface area contributed by atoms with E-state index in [1.54, 1.807) is 6.92 Å². The van der Waals surface area contributed by atoms with Gasteiger partial charge in [-0.05, 0) is 59.0 Å². The molecule has 1 aromatic carbocycles. The van der Waals surface area contributed by atoms with E-state index in [0.29, 0.717) is 19.0 Å². The van der Waals surface area contributed by atoms with Gasteiger partial charge in [0.15, 0.2) is 12.4 Å². The number of aromatic nitrogens is 3. The van der Waals surface area contributed by atoms with Gasteiger partial charge in [0.2, 0.25) is 5.88 Å². The molecule has 1 aliphatic heterocycles. The molecule has 1 aliphatic rings. The van der Waals surface area contributed by atoms with E-state index in [0.717, 1.165) is 19.8 Å². The Kier molecular flexibility index (Phi) is 10.2. The highest BCUT2D eigenvalue weighted by Crippen LogP contribution is 2.44. The fourth-order valence-corrected chi connectivity index (χ4v) is 5.21. The van der Waals surface area contributed by atoms with E-state index in [1.165, 1.54) is 19.0 Å². The number of benzene rings is 1. The Morgan fingerprint density at radius 3 is 2.47 bits per heavy atom. The summed E-state index contributed by atoms with van der Waals surface area (Å²) in [5, 5.41) is 6.32. The number of hydrogen-bond donors (Lipinski definition) is 3. The molecular formula is C29H36F7N7O2. The molecule has 4 N–H and O–H groups in total. The van der Waals surface area contributed by atoms with E-state index < -0.39 is 82.6 Å². The van der Waals surface area contributed by atoms with E-state index in [-0.39, 0.29) is 29.7 Å². The molecule has 9 nitrogen and oxygen atoms in total. The molecule has 0 fully saturated rings. The van der Waals surface area contributed by atoms with Crippen molar-refractivity contribution in [2.75, 3.05) is 51.4 Å². The van der Waals surface area contributed by atoms with Crippen LogP contribution in [0.1, 0.15) is 44.2 Å².